The van der Waals surface area contributed by atoms with E-state index in [2.05, 4.69) is 36.1 Å². The highest BCUT2D eigenvalue weighted by molar-refractivity contribution is 5.95. The van der Waals surface area contributed by atoms with Gasteiger partial charge in [-0.05, 0) is 49.3 Å². The lowest BCUT2D eigenvalue weighted by atomic mass is 10.1. The third-order valence-corrected chi connectivity index (χ3v) is 6.02. The number of nitrogens with zero attached hydrogens (tertiary/aromatic N) is 2. The van der Waals surface area contributed by atoms with Crippen molar-refractivity contribution in [3.05, 3.63) is 29.8 Å². The van der Waals surface area contributed by atoms with Crippen molar-refractivity contribution < 1.29 is 9.53 Å². The number of carbonyl (C=O) groups is 1. The fraction of sp³-hybridized carbons (Fsp3) is 0.682. The van der Waals surface area contributed by atoms with Crippen LogP contribution < -0.4 is 4.90 Å². The van der Waals surface area contributed by atoms with E-state index in [9.17, 15) is 4.79 Å². The van der Waals surface area contributed by atoms with Crippen molar-refractivity contribution in [2.75, 3.05) is 24.5 Å². The van der Waals surface area contributed by atoms with E-state index in [0.29, 0.717) is 18.6 Å². The molecule has 2 saturated heterocycles. The van der Waals surface area contributed by atoms with Gasteiger partial charge in [-0.15, -0.1) is 0 Å². The number of unbranched alkanes of at least 4 members (excludes halogenated alkanes) is 1. The van der Waals surface area contributed by atoms with E-state index in [-0.39, 0.29) is 5.91 Å². The zero-order valence-electron chi connectivity index (χ0n) is 16.0. The number of hydrogen-bond acceptors (Lipinski definition) is 3. The molecule has 1 saturated carbocycles. The summed E-state index contributed by atoms with van der Waals surface area (Å²) in [6.07, 6.45) is 8.89. The second kappa shape index (κ2) is 8.10. The van der Waals surface area contributed by atoms with Crippen LogP contribution in [-0.4, -0.2) is 42.6 Å². The number of carbonyl (C=O) groups excluding carboxylic acids is 1. The zero-order valence-corrected chi connectivity index (χ0v) is 16.0. The minimum absolute atomic E-state index is 0.261. The smallest absolute Gasteiger partial charge is 0.227 e. The van der Waals surface area contributed by atoms with Gasteiger partial charge in [0.15, 0.2) is 0 Å². The lowest BCUT2D eigenvalue weighted by Crippen LogP contribution is -2.48. The van der Waals surface area contributed by atoms with Crippen LogP contribution >= 0.6 is 0 Å². The van der Waals surface area contributed by atoms with Crippen LogP contribution in [-0.2, 0) is 16.1 Å². The summed E-state index contributed by atoms with van der Waals surface area (Å²) in [6, 6.07) is 8.63. The molecule has 2 aliphatic heterocycles. The van der Waals surface area contributed by atoms with Crippen molar-refractivity contribution in [1.82, 2.24) is 4.90 Å². The first-order chi connectivity index (χ1) is 12.7. The van der Waals surface area contributed by atoms with Crippen molar-refractivity contribution in [2.45, 2.75) is 70.6 Å². The van der Waals surface area contributed by atoms with Crippen LogP contribution in [0.15, 0.2) is 24.3 Å². The van der Waals surface area contributed by atoms with Crippen molar-refractivity contribution in [3.8, 4) is 0 Å². The van der Waals surface area contributed by atoms with Gasteiger partial charge in [0.2, 0.25) is 5.91 Å². The normalized spacial score (nSPS) is 27.3. The number of amides is 1. The van der Waals surface area contributed by atoms with Crippen molar-refractivity contribution >= 4 is 11.6 Å². The lowest BCUT2D eigenvalue weighted by Gasteiger charge is -2.38. The summed E-state index contributed by atoms with van der Waals surface area (Å²) in [5, 5.41) is 0. The molecule has 1 aromatic rings. The van der Waals surface area contributed by atoms with Crippen molar-refractivity contribution in [2.24, 2.45) is 5.92 Å². The third-order valence-electron chi connectivity index (χ3n) is 6.02. The Morgan fingerprint density at radius 1 is 1.15 bits per heavy atom. The summed E-state index contributed by atoms with van der Waals surface area (Å²) in [4.78, 5) is 16.4. The van der Waals surface area contributed by atoms with E-state index in [4.69, 9.17) is 4.74 Å². The first-order valence-electron chi connectivity index (χ1n) is 10.5. The maximum Gasteiger partial charge on any atom is 0.227 e. The van der Waals surface area contributed by atoms with E-state index in [1.165, 1.54) is 37.7 Å². The van der Waals surface area contributed by atoms with Crippen molar-refractivity contribution in [1.29, 1.82) is 0 Å². The highest BCUT2D eigenvalue weighted by Crippen LogP contribution is 2.37. The Balaban J connectivity index is 1.37. The molecule has 4 rings (SSSR count). The Hall–Kier alpha value is -1.39. The molecule has 4 nitrogen and oxygen atoms in total. The Morgan fingerprint density at radius 2 is 1.96 bits per heavy atom. The molecule has 142 valence electrons. The predicted octanol–water partition coefficient (Wildman–Crippen LogP) is 3.98. The monoisotopic (exact) mass is 356 g/mol. The Morgan fingerprint density at radius 3 is 2.62 bits per heavy atom. The molecular formula is C22H32N2O2. The van der Waals surface area contributed by atoms with Gasteiger partial charge in [0.05, 0.1) is 12.2 Å². The number of rotatable bonds is 7. The van der Waals surface area contributed by atoms with Gasteiger partial charge in [0.1, 0.15) is 0 Å². The second-order valence-corrected chi connectivity index (χ2v) is 8.29. The van der Waals surface area contributed by atoms with Gasteiger partial charge in [-0.3, -0.25) is 9.69 Å². The summed E-state index contributed by atoms with van der Waals surface area (Å²) in [5.74, 6) is 1.06. The fourth-order valence-electron chi connectivity index (χ4n) is 4.36. The van der Waals surface area contributed by atoms with E-state index in [0.717, 1.165) is 44.2 Å². The van der Waals surface area contributed by atoms with E-state index >= 15 is 0 Å². The average Bonchev–Trinajstić information content (AvgIpc) is 3.42. The molecule has 4 heteroatoms. The fourth-order valence-corrected chi connectivity index (χ4v) is 4.36. The first kappa shape index (κ1) is 18.0. The molecule has 1 aromatic carbocycles. The van der Waals surface area contributed by atoms with Crippen LogP contribution in [0.5, 0.6) is 0 Å². The summed E-state index contributed by atoms with van der Waals surface area (Å²) in [7, 11) is 0. The summed E-state index contributed by atoms with van der Waals surface area (Å²) >= 11 is 0. The maximum absolute atomic E-state index is 11.9. The quantitative estimate of drug-likeness (QED) is 0.741. The predicted molar refractivity (Wildman–Crippen MR) is 104 cm³/mol. The molecule has 3 fully saturated rings. The highest BCUT2D eigenvalue weighted by Gasteiger charge is 2.38. The van der Waals surface area contributed by atoms with Crippen LogP contribution in [0.2, 0.25) is 0 Å². The minimum Gasteiger partial charge on any atom is -0.372 e. The second-order valence-electron chi connectivity index (χ2n) is 8.29. The molecule has 26 heavy (non-hydrogen) atoms. The van der Waals surface area contributed by atoms with E-state index in [1.807, 2.05) is 4.90 Å². The van der Waals surface area contributed by atoms with Crippen LogP contribution in [0.25, 0.3) is 0 Å². The van der Waals surface area contributed by atoms with Crippen molar-refractivity contribution in [3.63, 3.8) is 0 Å². The van der Waals surface area contributed by atoms with Gasteiger partial charge in [-0.2, -0.15) is 0 Å². The first-order valence-corrected chi connectivity index (χ1v) is 10.5. The zero-order chi connectivity index (χ0) is 17.9. The molecule has 0 radical (unpaired) electrons. The highest BCUT2D eigenvalue weighted by atomic mass is 16.5. The Bertz CT molecular complexity index is 611. The molecule has 0 unspecified atom stereocenters. The number of ether oxygens (including phenoxy) is 1. The van der Waals surface area contributed by atoms with Crippen LogP contribution in [0.1, 0.15) is 57.4 Å². The number of benzene rings is 1. The van der Waals surface area contributed by atoms with Gasteiger partial charge < -0.3 is 9.64 Å². The minimum atomic E-state index is 0.261. The Labute approximate surface area is 157 Å². The molecule has 0 aromatic heterocycles. The average molecular weight is 357 g/mol. The molecule has 3 aliphatic rings. The molecule has 2 heterocycles. The van der Waals surface area contributed by atoms with Crippen LogP contribution in [0, 0.1) is 5.92 Å². The van der Waals surface area contributed by atoms with Gasteiger partial charge in [0.25, 0.3) is 0 Å². The van der Waals surface area contributed by atoms with Gasteiger partial charge in [0, 0.05) is 38.3 Å². The molecular weight excluding hydrogens is 324 g/mol. The third kappa shape index (κ3) is 4.29. The van der Waals surface area contributed by atoms with E-state index < -0.39 is 0 Å². The number of hydrogen-bond donors (Lipinski definition) is 0. The summed E-state index contributed by atoms with van der Waals surface area (Å²) < 4.78 is 6.39. The molecule has 1 aliphatic carbocycles. The summed E-state index contributed by atoms with van der Waals surface area (Å²) in [5.41, 5.74) is 2.39. The molecule has 0 N–H and O–H groups in total. The molecule has 2 atom stereocenters. The number of morpholine rings is 1. The van der Waals surface area contributed by atoms with Crippen LogP contribution in [0.3, 0.4) is 0 Å². The van der Waals surface area contributed by atoms with Crippen LogP contribution in [0.4, 0.5) is 5.69 Å². The molecule has 0 bridgehead atoms. The molecule has 1 amide bonds. The van der Waals surface area contributed by atoms with Gasteiger partial charge >= 0.3 is 0 Å². The SMILES string of the molecule is CCCC[C@@H]1CN(Cc2ccc(N3CCCC3=O)cc2)C[C@H](C2CC2)O1. The Kier molecular flexibility index (Phi) is 5.60. The lowest BCUT2D eigenvalue weighted by molar-refractivity contribution is -0.117. The largest absolute Gasteiger partial charge is 0.372 e. The van der Waals surface area contributed by atoms with E-state index in [1.54, 1.807) is 0 Å². The van der Waals surface area contributed by atoms with Gasteiger partial charge in [-0.25, -0.2) is 0 Å². The maximum atomic E-state index is 11.9. The topological polar surface area (TPSA) is 32.8 Å². The van der Waals surface area contributed by atoms with Gasteiger partial charge in [-0.1, -0.05) is 31.9 Å². The number of anilines is 1. The summed E-state index contributed by atoms with van der Waals surface area (Å²) in [6.45, 7) is 6.23. The standard InChI is InChI=1S/C22H32N2O2/c1-2-3-5-20-15-23(16-21(26-20)18-9-10-18)14-17-7-11-19(12-8-17)24-13-4-6-22(24)25/h7-8,11-12,18,20-21H,2-6,9-10,13-16H2,1H3/t20-,21-/m1/s1. The molecule has 0 spiro atoms.